The molecule has 0 spiro atoms. The highest BCUT2D eigenvalue weighted by atomic mass is 32.2. The fraction of sp³-hybridized carbons (Fsp3) is 0.556. The number of ether oxygens (including phenoxy) is 1. The van der Waals surface area contributed by atoms with E-state index in [9.17, 15) is 22.8 Å². The number of hydrogen-bond donors (Lipinski definition) is 2. The molecule has 0 radical (unpaired) electrons. The summed E-state index contributed by atoms with van der Waals surface area (Å²) in [6.45, 7) is 8.67. The Balaban J connectivity index is 0.000000553. The van der Waals surface area contributed by atoms with Crippen LogP contribution in [0.5, 0.6) is 0 Å². The molecule has 12 heteroatoms. The molecule has 2 heterocycles. The monoisotopic (exact) mass is 451 g/mol. The SMILES string of the molecule is CC(=O)SC1CCNCC1=Cc1cnn(C(=O)OC(C)(C)C)c1.O=C(O)C(F)(F)F. The second kappa shape index (κ2) is 10.6. The maximum atomic E-state index is 12.0. The molecule has 1 unspecified atom stereocenters. The van der Waals surface area contributed by atoms with Gasteiger partial charge in [-0.2, -0.15) is 23.0 Å². The molecule has 2 rings (SSSR count). The summed E-state index contributed by atoms with van der Waals surface area (Å²) in [5.41, 5.74) is 1.40. The average Bonchev–Trinajstić information content (AvgIpc) is 3.03. The molecule has 30 heavy (non-hydrogen) atoms. The quantitative estimate of drug-likeness (QED) is 0.705. The van der Waals surface area contributed by atoms with Crippen molar-refractivity contribution >= 4 is 35.0 Å². The Kier molecular flexibility index (Phi) is 9.09. The first-order valence-electron chi connectivity index (χ1n) is 8.85. The van der Waals surface area contributed by atoms with Crippen molar-refractivity contribution in [3.63, 3.8) is 0 Å². The van der Waals surface area contributed by atoms with E-state index < -0.39 is 23.8 Å². The standard InChI is InChI=1S/C16H23N3O3S.C2HF3O2/c1-11(20)23-14-5-6-17-9-13(14)7-12-8-18-19(10-12)15(21)22-16(2,3)4;3-2(4,5)1(6)7/h7-8,10,14,17H,5-6,9H2,1-4H3;(H,6,7). The number of carboxylic acids is 1. The number of alkyl halides is 3. The third-order valence-corrected chi connectivity index (χ3v) is 4.57. The number of halogens is 3. The highest BCUT2D eigenvalue weighted by Crippen LogP contribution is 2.27. The van der Waals surface area contributed by atoms with Crippen LogP contribution in [0, 0.1) is 0 Å². The van der Waals surface area contributed by atoms with E-state index in [1.54, 1.807) is 19.3 Å². The van der Waals surface area contributed by atoms with Gasteiger partial charge < -0.3 is 15.2 Å². The number of rotatable bonds is 2. The minimum absolute atomic E-state index is 0.118. The normalized spacial score (nSPS) is 18.4. The van der Waals surface area contributed by atoms with E-state index in [0.29, 0.717) is 0 Å². The van der Waals surface area contributed by atoms with Crippen molar-refractivity contribution in [2.75, 3.05) is 13.1 Å². The van der Waals surface area contributed by atoms with Crippen molar-refractivity contribution in [2.24, 2.45) is 0 Å². The summed E-state index contributed by atoms with van der Waals surface area (Å²) in [4.78, 5) is 32.2. The molecule has 168 valence electrons. The van der Waals surface area contributed by atoms with Crippen LogP contribution in [0.3, 0.4) is 0 Å². The lowest BCUT2D eigenvalue weighted by Gasteiger charge is -2.24. The first-order valence-corrected chi connectivity index (χ1v) is 9.73. The molecule has 2 N–H and O–H groups in total. The molecule has 0 aromatic carbocycles. The van der Waals surface area contributed by atoms with Gasteiger partial charge in [-0.05, 0) is 39.3 Å². The molecule has 1 aromatic heterocycles. The van der Waals surface area contributed by atoms with Crippen LogP contribution < -0.4 is 5.32 Å². The lowest BCUT2D eigenvalue weighted by Crippen LogP contribution is -2.32. The number of nitrogens with one attached hydrogen (secondary N) is 1. The molecule has 1 atom stereocenters. The first-order chi connectivity index (χ1) is 13.7. The molecule has 0 saturated carbocycles. The predicted molar refractivity (Wildman–Crippen MR) is 105 cm³/mol. The molecular formula is C18H24F3N3O5S. The smallest absolute Gasteiger partial charge is 0.475 e. The maximum absolute atomic E-state index is 12.0. The van der Waals surface area contributed by atoms with Gasteiger partial charge >= 0.3 is 18.2 Å². The number of carbonyl (C=O) groups is 3. The second-order valence-corrected chi connectivity index (χ2v) is 8.66. The Hall–Kier alpha value is -2.34. The zero-order valence-electron chi connectivity index (χ0n) is 16.9. The Morgan fingerprint density at radius 2 is 1.93 bits per heavy atom. The van der Waals surface area contributed by atoms with Crippen LogP contribution in [0.4, 0.5) is 18.0 Å². The number of nitrogens with zero attached hydrogens (tertiary/aromatic N) is 2. The molecule has 1 aromatic rings. The molecule has 1 aliphatic rings. The topological polar surface area (TPSA) is 111 Å². The van der Waals surface area contributed by atoms with Gasteiger partial charge in [-0.15, -0.1) is 0 Å². The van der Waals surface area contributed by atoms with Gasteiger partial charge in [0.25, 0.3) is 0 Å². The van der Waals surface area contributed by atoms with Crippen LogP contribution in [0.15, 0.2) is 18.0 Å². The zero-order valence-corrected chi connectivity index (χ0v) is 17.8. The van der Waals surface area contributed by atoms with E-state index in [1.165, 1.54) is 16.4 Å². The lowest BCUT2D eigenvalue weighted by atomic mass is 10.0. The largest absolute Gasteiger partial charge is 0.490 e. The maximum Gasteiger partial charge on any atom is 0.490 e. The average molecular weight is 451 g/mol. The van der Waals surface area contributed by atoms with Gasteiger partial charge in [-0.3, -0.25) is 4.79 Å². The van der Waals surface area contributed by atoms with Crippen molar-refractivity contribution in [1.82, 2.24) is 15.1 Å². The number of aliphatic carboxylic acids is 1. The summed E-state index contributed by atoms with van der Waals surface area (Å²) < 4.78 is 38.2. The van der Waals surface area contributed by atoms with Crippen LogP contribution in [-0.2, 0) is 14.3 Å². The minimum Gasteiger partial charge on any atom is -0.475 e. The Labute approximate surface area is 175 Å². The van der Waals surface area contributed by atoms with E-state index in [0.717, 1.165) is 30.6 Å². The highest BCUT2D eigenvalue weighted by Gasteiger charge is 2.38. The van der Waals surface area contributed by atoms with E-state index in [-0.39, 0.29) is 10.4 Å². The first kappa shape index (κ1) is 25.7. The number of carbonyl (C=O) groups excluding carboxylic acids is 2. The van der Waals surface area contributed by atoms with E-state index in [4.69, 9.17) is 14.6 Å². The molecule has 0 amide bonds. The van der Waals surface area contributed by atoms with Gasteiger partial charge in [0.1, 0.15) is 5.60 Å². The van der Waals surface area contributed by atoms with Gasteiger partial charge in [0.2, 0.25) is 0 Å². The highest BCUT2D eigenvalue weighted by molar-refractivity contribution is 8.14. The number of piperidine rings is 1. The van der Waals surface area contributed by atoms with E-state index in [1.807, 2.05) is 26.8 Å². The zero-order chi connectivity index (χ0) is 23.1. The molecule has 0 bridgehead atoms. The van der Waals surface area contributed by atoms with Crippen molar-refractivity contribution < 1.29 is 37.4 Å². The van der Waals surface area contributed by atoms with Crippen LogP contribution in [0.1, 0.15) is 39.7 Å². The fourth-order valence-corrected chi connectivity index (χ4v) is 3.22. The minimum atomic E-state index is -5.08. The van der Waals surface area contributed by atoms with Crippen LogP contribution >= 0.6 is 11.8 Å². The van der Waals surface area contributed by atoms with Gasteiger partial charge in [-0.25, -0.2) is 9.59 Å². The predicted octanol–water partition coefficient (Wildman–Crippen LogP) is 3.32. The lowest BCUT2D eigenvalue weighted by molar-refractivity contribution is -0.192. The fourth-order valence-electron chi connectivity index (χ4n) is 2.28. The Morgan fingerprint density at radius 1 is 1.33 bits per heavy atom. The Morgan fingerprint density at radius 3 is 2.43 bits per heavy atom. The van der Waals surface area contributed by atoms with Crippen molar-refractivity contribution in [3.05, 3.63) is 23.5 Å². The van der Waals surface area contributed by atoms with E-state index in [2.05, 4.69) is 10.4 Å². The van der Waals surface area contributed by atoms with Gasteiger partial charge in [0.15, 0.2) is 5.12 Å². The molecule has 1 aliphatic heterocycles. The van der Waals surface area contributed by atoms with Crippen molar-refractivity contribution in [2.45, 2.75) is 51.1 Å². The molecule has 1 saturated heterocycles. The third kappa shape index (κ3) is 9.44. The molecular weight excluding hydrogens is 427 g/mol. The summed E-state index contributed by atoms with van der Waals surface area (Å²) in [6, 6.07) is 0. The molecule has 8 nitrogen and oxygen atoms in total. The molecule has 0 aliphatic carbocycles. The second-order valence-electron chi connectivity index (χ2n) is 7.28. The van der Waals surface area contributed by atoms with E-state index >= 15 is 0 Å². The number of thioether (sulfide) groups is 1. The summed E-state index contributed by atoms with van der Waals surface area (Å²) in [5, 5.41) is 14.8. The summed E-state index contributed by atoms with van der Waals surface area (Å²) in [5.74, 6) is -2.76. The van der Waals surface area contributed by atoms with Crippen LogP contribution in [0.25, 0.3) is 6.08 Å². The summed E-state index contributed by atoms with van der Waals surface area (Å²) in [7, 11) is 0. The summed E-state index contributed by atoms with van der Waals surface area (Å²) >= 11 is 1.36. The number of carboxylic acid groups (broad SMARTS) is 1. The van der Waals surface area contributed by atoms with Crippen molar-refractivity contribution in [3.8, 4) is 0 Å². The summed E-state index contributed by atoms with van der Waals surface area (Å²) in [6.07, 6.45) is 0.585. The molecule has 1 fully saturated rings. The van der Waals surface area contributed by atoms with Crippen molar-refractivity contribution in [1.29, 1.82) is 0 Å². The third-order valence-electron chi connectivity index (χ3n) is 3.41. The number of hydrogen-bond acceptors (Lipinski definition) is 7. The van der Waals surface area contributed by atoms with Gasteiger partial charge in [0, 0.05) is 30.5 Å². The van der Waals surface area contributed by atoms with Crippen LogP contribution in [-0.4, -0.2) is 62.2 Å². The van der Waals surface area contributed by atoms with Crippen LogP contribution in [0.2, 0.25) is 0 Å². The van der Waals surface area contributed by atoms with Gasteiger partial charge in [0.05, 0.1) is 6.20 Å². The Bertz CT molecular complexity index is 800. The number of aromatic nitrogens is 2. The van der Waals surface area contributed by atoms with Gasteiger partial charge in [-0.1, -0.05) is 17.8 Å².